The topological polar surface area (TPSA) is 74.8 Å². The van der Waals surface area contributed by atoms with E-state index in [9.17, 15) is 14.0 Å². The van der Waals surface area contributed by atoms with Gasteiger partial charge >= 0.3 is 5.97 Å². The molecule has 1 unspecified atom stereocenters. The quantitative estimate of drug-likeness (QED) is 0.681. The van der Waals surface area contributed by atoms with Crippen molar-refractivity contribution in [2.45, 2.75) is 26.3 Å². The van der Waals surface area contributed by atoms with Crippen LogP contribution in [0.4, 0.5) is 15.9 Å². The maximum Gasteiger partial charge on any atom is 0.339 e. The van der Waals surface area contributed by atoms with Gasteiger partial charge in [-0.1, -0.05) is 11.6 Å². The van der Waals surface area contributed by atoms with Gasteiger partial charge in [-0.25, -0.2) is 14.2 Å². The summed E-state index contributed by atoms with van der Waals surface area (Å²) in [5, 5.41) is 2.77. The lowest BCUT2D eigenvalue weighted by molar-refractivity contribution is -0.120. The summed E-state index contributed by atoms with van der Waals surface area (Å²) in [6, 6.07) is 7.29. The van der Waals surface area contributed by atoms with E-state index in [1.165, 1.54) is 24.4 Å². The first-order chi connectivity index (χ1) is 14.9. The number of carbonyl (C=O) groups is 2. The molecule has 7 nitrogen and oxygen atoms in total. The Morgan fingerprint density at radius 1 is 1.23 bits per heavy atom. The third kappa shape index (κ3) is 5.92. The zero-order chi connectivity index (χ0) is 22.4. The molecule has 1 aromatic heterocycles. The molecular formula is C22H26ClFN4O3. The molecular weight excluding hydrogens is 423 g/mol. The van der Waals surface area contributed by atoms with Crippen molar-refractivity contribution in [3.8, 4) is 0 Å². The van der Waals surface area contributed by atoms with Crippen molar-refractivity contribution in [1.29, 1.82) is 0 Å². The number of carbonyl (C=O) groups excluding carboxylic acids is 2. The molecule has 0 spiro atoms. The van der Waals surface area contributed by atoms with E-state index < -0.39 is 5.82 Å². The van der Waals surface area contributed by atoms with Crippen LogP contribution in [0.1, 0.15) is 30.6 Å². The van der Waals surface area contributed by atoms with Gasteiger partial charge in [0.2, 0.25) is 5.91 Å². The van der Waals surface area contributed by atoms with Crippen molar-refractivity contribution in [2.75, 3.05) is 43.0 Å². The Balaban J connectivity index is 1.58. The number of pyridine rings is 1. The standard InChI is InChI=1S/C22H26ClFN4O3/c1-3-31-22(30)16-5-8-20(25-14-16)28-10-4-9-27(11-12-28)15(2)21(29)26-17-6-7-19(24)18(23)13-17/h5-8,13-15H,3-4,9-12H2,1-2H3,(H,26,29). The predicted molar refractivity (Wildman–Crippen MR) is 118 cm³/mol. The van der Waals surface area contributed by atoms with Crippen LogP contribution >= 0.6 is 11.6 Å². The number of nitrogens with one attached hydrogen (secondary N) is 1. The molecule has 2 heterocycles. The summed E-state index contributed by atoms with van der Waals surface area (Å²) >= 11 is 5.79. The fourth-order valence-corrected chi connectivity index (χ4v) is 3.63. The summed E-state index contributed by atoms with van der Waals surface area (Å²) in [7, 11) is 0. The number of hydrogen-bond acceptors (Lipinski definition) is 6. The first-order valence-corrected chi connectivity index (χ1v) is 10.6. The van der Waals surface area contributed by atoms with E-state index in [0.717, 1.165) is 25.3 Å². The van der Waals surface area contributed by atoms with Gasteiger partial charge in [-0.05, 0) is 50.6 Å². The summed E-state index contributed by atoms with van der Waals surface area (Å²) < 4.78 is 18.3. The van der Waals surface area contributed by atoms with E-state index >= 15 is 0 Å². The first kappa shape index (κ1) is 23.0. The van der Waals surface area contributed by atoms with Crippen LogP contribution in [0.3, 0.4) is 0 Å². The third-order valence-electron chi connectivity index (χ3n) is 5.23. The maximum atomic E-state index is 13.3. The number of rotatable bonds is 6. The molecule has 0 aliphatic carbocycles. The second-order valence-corrected chi connectivity index (χ2v) is 7.70. The van der Waals surface area contributed by atoms with Gasteiger partial charge in [0.05, 0.1) is 23.2 Å². The molecule has 1 amide bonds. The Labute approximate surface area is 186 Å². The summed E-state index contributed by atoms with van der Waals surface area (Å²) in [4.78, 5) is 33.1. The Hall–Kier alpha value is -2.71. The number of halogens is 2. The highest BCUT2D eigenvalue weighted by Gasteiger charge is 2.25. The number of aromatic nitrogens is 1. The number of benzene rings is 1. The third-order valence-corrected chi connectivity index (χ3v) is 5.52. The van der Waals surface area contributed by atoms with Gasteiger partial charge in [-0.15, -0.1) is 0 Å². The van der Waals surface area contributed by atoms with Crippen LogP contribution in [0.2, 0.25) is 5.02 Å². The molecule has 166 valence electrons. The highest BCUT2D eigenvalue weighted by Crippen LogP contribution is 2.20. The largest absolute Gasteiger partial charge is 0.462 e. The van der Waals surface area contributed by atoms with Crippen molar-refractivity contribution in [2.24, 2.45) is 0 Å². The van der Waals surface area contributed by atoms with E-state index in [0.29, 0.717) is 30.9 Å². The zero-order valence-corrected chi connectivity index (χ0v) is 18.4. The molecule has 1 atom stereocenters. The minimum atomic E-state index is -0.524. The van der Waals surface area contributed by atoms with Crippen LogP contribution in [-0.4, -0.2) is 60.6 Å². The second kappa shape index (κ2) is 10.5. The minimum absolute atomic E-state index is 0.0302. The van der Waals surface area contributed by atoms with Crippen LogP contribution in [0.5, 0.6) is 0 Å². The van der Waals surface area contributed by atoms with E-state index in [2.05, 4.69) is 20.1 Å². The Bertz CT molecular complexity index is 925. The molecule has 1 aliphatic rings. The van der Waals surface area contributed by atoms with Crippen LogP contribution in [0.15, 0.2) is 36.5 Å². The van der Waals surface area contributed by atoms with Gasteiger partial charge in [-0.3, -0.25) is 9.69 Å². The lowest BCUT2D eigenvalue weighted by Crippen LogP contribution is -2.44. The molecule has 9 heteroatoms. The average molecular weight is 449 g/mol. The number of anilines is 2. The molecule has 1 aromatic carbocycles. The molecule has 0 bridgehead atoms. The SMILES string of the molecule is CCOC(=O)c1ccc(N2CCCN(C(C)C(=O)Nc3ccc(F)c(Cl)c3)CC2)nc1. The zero-order valence-electron chi connectivity index (χ0n) is 17.6. The molecule has 1 saturated heterocycles. The lowest BCUT2D eigenvalue weighted by atomic mass is 10.2. The molecule has 1 N–H and O–H groups in total. The minimum Gasteiger partial charge on any atom is -0.462 e. The summed E-state index contributed by atoms with van der Waals surface area (Å²) in [5.41, 5.74) is 0.888. The van der Waals surface area contributed by atoms with Gasteiger partial charge in [0.15, 0.2) is 0 Å². The second-order valence-electron chi connectivity index (χ2n) is 7.30. The Morgan fingerprint density at radius 2 is 2.03 bits per heavy atom. The van der Waals surface area contributed by atoms with Crippen molar-refractivity contribution in [3.05, 3.63) is 52.9 Å². The van der Waals surface area contributed by atoms with Gasteiger partial charge in [0.1, 0.15) is 11.6 Å². The molecule has 0 radical (unpaired) electrons. The van der Waals surface area contributed by atoms with Crippen molar-refractivity contribution in [3.63, 3.8) is 0 Å². The molecule has 0 saturated carbocycles. The number of ether oxygens (including phenoxy) is 1. The maximum absolute atomic E-state index is 13.3. The first-order valence-electron chi connectivity index (χ1n) is 10.3. The average Bonchev–Trinajstić information content (AvgIpc) is 3.02. The predicted octanol–water partition coefficient (Wildman–Crippen LogP) is 3.59. The van der Waals surface area contributed by atoms with E-state index in [-0.39, 0.29) is 22.9 Å². The molecule has 31 heavy (non-hydrogen) atoms. The lowest BCUT2D eigenvalue weighted by Gasteiger charge is -2.27. The number of nitrogens with zero attached hydrogens (tertiary/aromatic N) is 3. The highest BCUT2D eigenvalue weighted by molar-refractivity contribution is 6.31. The van der Waals surface area contributed by atoms with Gasteiger partial charge in [0, 0.05) is 38.1 Å². The summed E-state index contributed by atoms with van der Waals surface area (Å²) in [6.45, 7) is 6.87. The number of esters is 1. The van der Waals surface area contributed by atoms with Gasteiger partial charge in [-0.2, -0.15) is 0 Å². The van der Waals surface area contributed by atoms with Gasteiger partial charge in [0.25, 0.3) is 0 Å². The van der Waals surface area contributed by atoms with Gasteiger partial charge < -0.3 is 15.0 Å². The van der Waals surface area contributed by atoms with Crippen LogP contribution in [0, 0.1) is 5.82 Å². The smallest absolute Gasteiger partial charge is 0.339 e. The van der Waals surface area contributed by atoms with Crippen LogP contribution in [0.25, 0.3) is 0 Å². The van der Waals surface area contributed by atoms with Crippen molar-refractivity contribution in [1.82, 2.24) is 9.88 Å². The van der Waals surface area contributed by atoms with Crippen LogP contribution < -0.4 is 10.2 Å². The number of hydrogen-bond donors (Lipinski definition) is 1. The normalized spacial score (nSPS) is 15.8. The van der Waals surface area contributed by atoms with E-state index in [4.69, 9.17) is 16.3 Å². The van der Waals surface area contributed by atoms with Crippen molar-refractivity contribution >= 4 is 35.0 Å². The highest BCUT2D eigenvalue weighted by atomic mass is 35.5. The van der Waals surface area contributed by atoms with E-state index in [1.807, 2.05) is 13.0 Å². The summed E-state index contributed by atoms with van der Waals surface area (Å²) in [6.07, 6.45) is 2.39. The summed E-state index contributed by atoms with van der Waals surface area (Å²) in [5.74, 6) is -0.295. The monoisotopic (exact) mass is 448 g/mol. The molecule has 1 aliphatic heterocycles. The number of amides is 1. The Morgan fingerprint density at radius 3 is 2.71 bits per heavy atom. The fraction of sp³-hybridized carbons (Fsp3) is 0.409. The molecule has 2 aromatic rings. The molecule has 3 rings (SSSR count). The Kier molecular flexibility index (Phi) is 7.81. The van der Waals surface area contributed by atoms with Crippen LogP contribution in [-0.2, 0) is 9.53 Å². The fourth-order valence-electron chi connectivity index (χ4n) is 3.45. The molecule has 1 fully saturated rings. The van der Waals surface area contributed by atoms with E-state index in [1.54, 1.807) is 13.0 Å². The van der Waals surface area contributed by atoms with Crippen molar-refractivity contribution < 1.29 is 18.7 Å².